The normalized spacial score (nSPS) is 10.7. The third-order valence-corrected chi connectivity index (χ3v) is 4.02. The van der Waals surface area contributed by atoms with Crippen molar-refractivity contribution in [1.29, 1.82) is 0 Å². The van der Waals surface area contributed by atoms with Crippen LogP contribution in [0.5, 0.6) is 0 Å². The number of aromatic nitrogens is 2. The molecule has 0 fully saturated rings. The van der Waals surface area contributed by atoms with Gasteiger partial charge in [0.1, 0.15) is 0 Å². The van der Waals surface area contributed by atoms with Crippen molar-refractivity contribution in [3.63, 3.8) is 0 Å². The Hall–Kier alpha value is -1.00. The van der Waals surface area contributed by atoms with E-state index in [1.54, 1.807) is 0 Å². The fourth-order valence-corrected chi connectivity index (χ4v) is 2.14. The Labute approximate surface area is 120 Å². The topological polar surface area (TPSA) is 29.9 Å². The lowest BCUT2D eigenvalue weighted by Crippen LogP contribution is -2.05. The van der Waals surface area contributed by atoms with E-state index >= 15 is 0 Å². The van der Waals surface area contributed by atoms with Crippen LogP contribution in [0.1, 0.15) is 18.3 Å². The first kappa shape index (κ1) is 13.4. The molecular weight excluding hydrogens is 314 g/mol. The van der Waals surface area contributed by atoms with Crippen molar-refractivity contribution in [2.75, 3.05) is 5.32 Å². The highest BCUT2D eigenvalue weighted by atomic mass is 79.9. The molecule has 0 bridgehead atoms. The highest BCUT2D eigenvalue weighted by Gasteiger charge is 2.04. The van der Waals surface area contributed by atoms with E-state index in [0.717, 1.165) is 34.5 Å². The van der Waals surface area contributed by atoms with Gasteiger partial charge in [-0.1, -0.05) is 18.5 Å². The lowest BCUT2D eigenvalue weighted by Gasteiger charge is -2.07. The van der Waals surface area contributed by atoms with Crippen molar-refractivity contribution < 1.29 is 0 Å². The summed E-state index contributed by atoms with van der Waals surface area (Å²) in [6.45, 7) is 2.84. The van der Waals surface area contributed by atoms with Crippen molar-refractivity contribution in [2.45, 2.75) is 19.9 Å². The number of halogens is 2. The van der Waals surface area contributed by atoms with Gasteiger partial charge in [-0.15, -0.1) is 0 Å². The molecule has 0 radical (unpaired) electrons. The molecule has 0 saturated heterocycles. The summed E-state index contributed by atoms with van der Waals surface area (Å²) in [5.74, 6) is 0. The second-order valence-corrected chi connectivity index (χ2v) is 5.35. The number of aryl methyl sites for hydroxylation is 2. The van der Waals surface area contributed by atoms with Crippen molar-refractivity contribution in [1.82, 2.24) is 9.78 Å². The van der Waals surface area contributed by atoms with Crippen LogP contribution in [0, 0.1) is 0 Å². The van der Waals surface area contributed by atoms with E-state index in [0.29, 0.717) is 5.02 Å². The maximum atomic E-state index is 6.05. The fourth-order valence-electron chi connectivity index (χ4n) is 1.71. The van der Waals surface area contributed by atoms with Crippen molar-refractivity contribution in [3.8, 4) is 0 Å². The molecule has 0 amide bonds. The molecule has 0 atom stereocenters. The summed E-state index contributed by atoms with van der Waals surface area (Å²) in [7, 11) is 1.96. The van der Waals surface area contributed by atoms with Crippen LogP contribution in [0.4, 0.5) is 5.69 Å². The van der Waals surface area contributed by atoms with E-state index in [1.807, 2.05) is 29.9 Å². The van der Waals surface area contributed by atoms with Crippen molar-refractivity contribution >= 4 is 33.2 Å². The molecule has 0 aliphatic rings. The molecule has 1 aromatic carbocycles. The third-order valence-electron chi connectivity index (χ3n) is 2.78. The van der Waals surface area contributed by atoms with Crippen LogP contribution in [0.3, 0.4) is 0 Å². The SMILES string of the molecule is CCc1cc(CNc2ccc(Br)c(Cl)c2)n(C)n1. The number of hydrogen-bond donors (Lipinski definition) is 1. The van der Waals surface area contributed by atoms with Crippen LogP contribution in [0.25, 0.3) is 0 Å². The predicted octanol–water partition coefficient (Wildman–Crippen LogP) is 4.01. The van der Waals surface area contributed by atoms with Gasteiger partial charge >= 0.3 is 0 Å². The molecule has 0 unspecified atom stereocenters. The van der Waals surface area contributed by atoms with Gasteiger partial charge in [0.2, 0.25) is 0 Å². The molecule has 1 aromatic heterocycles. The number of nitrogens with one attached hydrogen (secondary N) is 1. The van der Waals surface area contributed by atoms with Crippen molar-refractivity contribution in [3.05, 3.63) is 45.1 Å². The molecule has 3 nitrogen and oxygen atoms in total. The summed E-state index contributed by atoms with van der Waals surface area (Å²) < 4.78 is 2.82. The minimum atomic E-state index is 0.708. The van der Waals surface area contributed by atoms with Crippen LogP contribution in [-0.2, 0) is 20.0 Å². The molecule has 0 aliphatic carbocycles. The summed E-state index contributed by atoms with van der Waals surface area (Å²) >= 11 is 9.42. The highest BCUT2D eigenvalue weighted by molar-refractivity contribution is 9.10. The Kier molecular flexibility index (Phi) is 4.30. The first-order chi connectivity index (χ1) is 8.60. The maximum Gasteiger partial charge on any atom is 0.0625 e. The Bertz CT molecular complexity index is 551. The minimum absolute atomic E-state index is 0.708. The van der Waals surface area contributed by atoms with E-state index in [-0.39, 0.29) is 0 Å². The van der Waals surface area contributed by atoms with E-state index in [9.17, 15) is 0 Å². The lowest BCUT2D eigenvalue weighted by atomic mass is 10.3. The fraction of sp³-hybridized carbons (Fsp3) is 0.308. The van der Waals surface area contributed by atoms with Gasteiger partial charge < -0.3 is 5.32 Å². The standard InChI is InChI=1S/C13H15BrClN3/c1-3-9-6-11(18(2)17-9)8-16-10-4-5-12(14)13(15)7-10/h4-7,16H,3,8H2,1-2H3. The van der Waals surface area contributed by atoms with Crippen LogP contribution in [0.2, 0.25) is 5.02 Å². The van der Waals surface area contributed by atoms with Gasteiger partial charge in [-0.3, -0.25) is 4.68 Å². The summed E-state index contributed by atoms with van der Waals surface area (Å²) in [6.07, 6.45) is 0.956. The zero-order valence-corrected chi connectivity index (χ0v) is 12.7. The van der Waals surface area contributed by atoms with E-state index in [4.69, 9.17) is 11.6 Å². The van der Waals surface area contributed by atoms with Gasteiger partial charge in [-0.25, -0.2) is 0 Å². The molecule has 18 heavy (non-hydrogen) atoms. The molecule has 5 heteroatoms. The predicted molar refractivity (Wildman–Crippen MR) is 79.1 cm³/mol. The number of anilines is 1. The summed E-state index contributed by atoms with van der Waals surface area (Å²) in [4.78, 5) is 0. The highest BCUT2D eigenvalue weighted by Crippen LogP contribution is 2.25. The van der Waals surface area contributed by atoms with Crippen LogP contribution in [0.15, 0.2) is 28.7 Å². The van der Waals surface area contributed by atoms with E-state index < -0.39 is 0 Å². The molecule has 1 heterocycles. The molecule has 96 valence electrons. The van der Waals surface area contributed by atoms with Gasteiger partial charge in [0.05, 0.1) is 23.0 Å². The van der Waals surface area contributed by atoms with E-state index in [2.05, 4.69) is 39.3 Å². The van der Waals surface area contributed by atoms with Gasteiger partial charge in [-0.05, 0) is 46.6 Å². The summed E-state index contributed by atoms with van der Waals surface area (Å²) in [5.41, 5.74) is 3.27. The molecule has 2 aromatic rings. The largest absolute Gasteiger partial charge is 0.379 e. The molecule has 0 aliphatic heterocycles. The number of nitrogens with zero attached hydrogens (tertiary/aromatic N) is 2. The Balaban J connectivity index is 2.06. The number of hydrogen-bond acceptors (Lipinski definition) is 2. The van der Waals surface area contributed by atoms with Gasteiger partial charge in [0.25, 0.3) is 0 Å². The quantitative estimate of drug-likeness (QED) is 0.919. The molecule has 0 saturated carbocycles. The Morgan fingerprint density at radius 1 is 1.39 bits per heavy atom. The molecular formula is C13H15BrClN3. The monoisotopic (exact) mass is 327 g/mol. The van der Waals surface area contributed by atoms with Crippen LogP contribution >= 0.6 is 27.5 Å². The Morgan fingerprint density at radius 3 is 2.78 bits per heavy atom. The summed E-state index contributed by atoms with van der Waals surface area (Å²) in [6, 6.07) is 7.95. The van der Waals surface area contributed by atoms with Crippen LogP contribution in [-0.4, -0.2) is 9.78 Å². The van der Waals surface area contributed by atoms with Gasteiger partial charge in [0, 0.05) is 17.2 Å². The second kappa shape index (κ2) is 5.76. The van der Waals surface area contributed by atoms with E-state index in [1.165, 1.54) is 0 Å². The summed E-state index contributed by atoms with van der Waals surface area (Å²) in [5, 5.41) is 8.46. The van der Waals surface area contributed by atoms with Gasteiger partial charge in [0.15, 0.2) is 0 Å². The second-order valence-electron chi connectivity index (χ2n) is 4.09. The molecule has 1 N–H and O–H groups in total. The van der Waals surface area contributed by atoms with Gasteiger partial charge in [-0.2, -0.15) is 5.10 Å². The Morgan fingerprint density at radius 2 is 2.17 bits per heavy atom. The minimum Gasteiger partial charge on any atom is -0.379 e. The smallest absolute Gasteiger partial charge is 0.0625 e. The van der Waals surface area contributed by atoms with Crippen LogP contribution < -0.4 is 5.32 Å². The average molecular weight is 329 g/mol. The average Bonchev–Trinajstić information content (AvgIpc) is 2.72. The lowest BCUT2D eigenvalue weighted by molar-refractivity contribution is 0.707. The zero-order chi connectivity index (χ0) is 13.1. The first-order valence-electron chi connectivity index (χ1n) is 5.81. The third kappa shape index (κ3) is 3.06. The first-order valence-corrected chi connectivity index (χ1v) is 6.98. The molecule has 0 spiro atoms. The number of benzene rings is 1. The zero-order valence-electron chi connectivity index (χ0n) is 10.4. The number of rotatable bonds is 4. The molecule has 2 rings (SSSR count). The van der Waals surface area contributed by atoms with Crippen molar-refractivity contribution in [2.24, 2.45) is 7.05 Å². The maximum absolute atomic E-state index is 6.05.